The third kappa shape index (κ3) is 3.04. The van der Waals surface area contributed by atoms with Crippen LogP contribution in [0, 0.1) is 0 Å². The average Bonchev–Trinajstić information content (AvgIpc) is 2.70. The number of nitrogens with two attached hydrogens (primary N) is 1. The Balaban J connectivity index is 2.26. The molecule has 9 heteroatoms. The van der Waals surface area contributed by atoms with E-state index in [9.17, 15) is 13.2 Å². The Labute approximate surface area is 111 Å². The van der Waals surface area contributed by atoms with Crippen LogP contribution in [-0.2, 0) is 19.8 Å². The van der Waals surface area contributed by atoms with E-state index < -0.39 is 11.7 Å². The Bertz CT molecular complexity index is 581. The van der Waals surface area contributed by atoms with Gasteiger partial charge in [0, 0.05) is 13.2 Å². The quantitative estimate of drug-likeness (QED) is 0.933. The Morgan fingerprint density at radius 3 is 2.68 bits per heavy atom. The number of halogens is 3. The minimum absolute atomic E-state index is 0.203. The van der Waals surface area contributed by atoms with Gasteiger partial charge in [-0.25, -0.2) is 4.98 Å². The van der Waals surface area contributed by atoms with Gasteiger partial charge in [-0.05, 0) is 23.9 Å². The summed E-state index contributed by atoms with van der Waals surface area (Å²) in [5, 5.41) is 8.31. The van der Waals surface area contributed by atoms with E-state index in [0.29, 0.717) is 11.0 Å². The fraction of sp³-hybridized carbons (Fsp3) is 0.300. The van der Waals surface area contributed by atoms with E-state index in [0.717, 1.165) is 30.1 Å². The van der Waals surface area contributed by atoms with E-state index in [1.54, 1.807) is 11.6 Å². The summed E-state index contributed by atoms with van der Waals surface area (Å²) in [7, 11) is 1.69. The number of hydrogen-bond acceptors (Lipinski definition) is 5. The van der Waals surface area contributed by atoms with E-state index >= 15 is 0 Å². The lowest BCUT2D eigenvalue weighted by Gasteiger charge is -2.07. The summed E-state index contributed by atoms with van der Waals surface area (Å²) in [4.78, 5) is 3.87. The monoisotopic (exact) mass is 289 g/mol. The lowest BCUT2D eigenvalue weighted by molar-refractivity contribution is -0.137. The highest BCUT2D eigenvalue weighted by Crippen LogP contribution is 2.32. The van der Waals surface area contributed by atoms with Crippen molar-refractivity contribution in [3.63, 3.8) is 0 Å². The molecule has 0 aliphatic carbocycles. The summed E-state index contributed by atoms with van der Waals surface area (Å²) in [5.74, 6) is 0.550. The van der Waals surface area contributed by atoms with Crippen LogP contribution in [0.2, 0.25) is 0 Å². The number of pyridine rings is 1. The van der Waals surface area contributed by atoms with E-state index in [1.165, 1.54) is 0 Å². The lowest BCUT2D eigenvalue weighted by Crippen LogP contribution is -2.06. The zero-order valence-electron chi connectivity index (χ0n) is 9.85. The minimum atomic E-state index is -4.39. The largest absolute Gasteiger partial charge is 0.416 e. The molecule has 0 atom stereocenters. The molecule has 0 saturated carbocycles. The fourth-order valence-corrected chi connectivity index (χ4v) is 2.16. The van der Waals surface area contributed by atoms with Gasteiger partial charge in [-0.15, -0.1) is 10.2 Å². The van der Waals surface area contributed by atoms with Gasteiger partial charge < -0.3 is 10.3 Å². The van der Waals surface area contributed by atoms with Gasteiger partial charge >= 0.3 is 6.18 Å². The first kappa shape index (κ1) is 13.8. The van der Waals surface area contributed by atoms with Crippen LogP contribution in [-0.4, -0.2) is 19.7 Å². The first-order chi connectivity index (χ1) is 8.91. The van der Waals surface area contributed by atoms with Crippen molar-refractivity contribution in [3.8, 4) is 0 Å². The zero-order chi connectivity index (χ0) is 14.0. The average molecular weight is 289 g/mol. The molecule has 0 amide bonds. The van der Waals surface area contributed by atoms with E-state index in [1.807, 2.05) is 0 Å². The first-order valence-electron chi connectivity index (χ1n) is 5.21. The van der Waals surface area contributed by atoms with Crippen LogP contribution in [0.1, 0.15) is 11.4 Å². The maximum atomic E-state index is 12.6. The number of rotatable bonds is 3. The van der Waals surface area contributed by atoms with Crippen LogP contribution < -0.4 is 5.73 Å². The molecule has 102 valence electrons. The molecule has 0 bridgehead atoms. The topological polar surface area (TPSA) is 69.6 Å². The maximum absolute atomic E-state index is 12.6. The molecule has 0 radical (unpaired) electrons. The van der Waals surface area contributed by atoms with Gasteiger partial charge in [0.2, 0.25) is 0 Å². The minimum Gasteiger partial charge on any atom is -0.324 e. The summed E-state index contributed by atoms with van der Waals surface area (Å²) in [6.07, 6.45) is -3.27. The molecule has 19 heavy (non-hydrogen) atoms. The Hall–Kier alpha value is -1.61. The normalized spacial score (nSPS) is 11.8. The Morgan fingerprint density at radius 1 is 1.37 bits per heavy atom. The third-order valence-electron chi connectivity index (χ3n) is 2.37. The summed E-state index contributed by atoms with van der Waals surface area (Å²) < 4.78 is 39.3. The van der Waals surface area contributed by atoms with Crippen molar-refractivity contribution in [2.24, 2.45) is 12.8 Å². The second kappa shape index (κ2) is 5.17. The molecule has 2 heterocycles. The van der Waals surface area contributed by atoms with E-state index in [-0.39, 0.29) is 11.6 Å². The molecule has 2 aromatic heterocycles. The third-order valence-corrected chi connectivity index (χ3v) is 3.34. The van der Waals surface area contributed by atoms with Gasteiger partial charge in [0.15, 0.2) is 5.16 Å². The molecule has 2 N–H and O–H groups in total. The highest BCUT2D eigenvalue weighted by Gasteiger charge is 2.30. The number of nitrogens with zero attached hydrogens (tertiary/aromatic N) is 4. The van der Waals surface area contributed by atoms with Gasteiger partial charge in [0.25, 0.3) is 0 Å². The SMILES string of the molecule is Cn1c(CN)nnc1Sc1cc(C(F)(F)F)ccn1. The molecule has 0 unspecified atom stereocenters. The van der Waals surface area contributed by atoms with Crippen molar-refractivity contribution >= 4 is 11.8 Å². The molecule has 5 nitrogen and oxygen atoms in total. The zero-order valence-corrected chi connectivity index (χ0v) is 10.7. The molecule has 0 aliphatic rings. The van der Waals surface area contributed by atoms with Crippen LogP contribution in [0.25, 0.3) is 0 Å². The van der Waals surface area contributed by atoms with E-state index in [4.69, 9.17) is 5.73 Å². The van der Waals surface area contributed by atoms with Crippen molar-refractivity contribution in [1.29, 1.82) is 0 Å². The lowest BCUT2D eigenvalue weighted by atomic mass is 10.3. The number of aromatic nitrogens is 4. The van der Waals surface area contributed by atoms with Crippen molar-refractivity contribution in [2.75, 3.05) is 0 Å². The van der Waals surface area contributed by atoms with Crippen LogP contribution in [0.15, 0.2) is 28.5 Å². The summed E-state index contributed by atoms with van der Waals surface area (Å²) in [6.45, 7) is 0.208. The van der Waals surface area contributed by atoms with Gasteiger partial charge in [0.05, 0.1) is 12.1 Å². The molecular formula is C10H10F3N5S. The summed E-state index contributed by atoms with van der Waals surface area (Å²) in [6, 6.07) is 1.90. The van der Waals surface area contributed by atoms with Crippen molar-refractivity contribution in [3.05, 3.63) is 29.7 Å². The smallest absolute Gasteiger partial charge is 0.324 e. The van der Waals surface area contributed by atoms with Crippen molar-refractivity contribution in [1.82, 2.24) is 19.7 Å². The van der Waals surface area contributed by atoms with E-state index in [2.05, 4.69) is 15.2 Å². The molecule has 2 aromatic rings. The maximum Gasteiger partial charge on any atom is 0.416 e. The highest BCUT2D eigenvalue weighted by molar-refractivity contribution is 7.99. The summed E-state index contributed by atoms with van der Waals surface area (Å²) >= 11 is 1.00. The molecule has 0 aliphatic heterocycles. The summed E-state index contributed by atoms with van der Waals surface area (Å²) in [5.41, 5.74) is 4.70. The Kier molecular flexibility index (Phi) is 3.76. The molecule has 0 spiro atoms. The van der Waals surface area contributed by atoms with Gasteiger partial charge in [-0.3, -0.25) is 0 Å². The molecule has 0 saturated heterocycles. The molecule has 2 rings (SSSR count). The van der Waals surface area contributed by atoms with Crippen LogP contribution in [0.5, 0.6) is 0 Å². The van der Waals surface area contributed by atoms with Crippen LogP contribution in [0.3, 0.4) is 0 Å². The first-order valence-corrected chi connectivity index (χ1v) is 6.03. The molecule has 0 fully saturated rings. The van der Waals surface area contributed by atoms with Gasteiger partial charge in [0.1, 0.15) is 10.9 Å². The second-order valence-corrected chi connectivity index (χ2v) is 4.63. The Morgan fingerprint density at radius 2 is 2.11 bits per heavy atom. The van der Waals surface area contributed by atoms with Crippen molar-refractivity contribution < 1.29 is 13.2 Å². The molecular weight excluding hydrogens is 279 g/mol. The van der Waals surface area contributed by atoms with Gasteiger partial charge in [-0.2, -0.15) is 13.2 Å². The van der Waals surface area contributed by atoms with Crippen LogP contribution >= 0.6 is 11.8 Å². The fourth-order valence-electron chi connectivity index (χ4n) is 1.35. The number of hydrogen-bond donors (Lipinski definition) is 1. The number of alkyl halides is 3. The highest BCUT2D eigenvalue weighted by atomic mass is 32.2. The van der Waals surface area contributed by atoms with Crippen LogP contribution in [0.4, 0.5) is 13.2 Å². The van der Waals surface area contributed by atoms with Crippen molar-refractivity contribution in [2.45, 2.75) is 22.9 Å². The standard InChI is InChI=1S/C10H10F3N5S/c1-18-7(5-14)16-17-9(18)19-8-4-6(2-3-15-8)10(11,12)13/h2-4H,5,14H2,1H3. The predicted octanol–water partition coefficient (Wildman–Crippen LogP) is 1.84. The van der Waals surface area contributed by atoms with Gasteiger partial charge in [-0.1, -0.05) is 0 Å². The predicted molar refractivity (Wildman–Crippen MR) is 62.3 cm³/mol. The molecule has 0 aromatic carbocycles. The second-order valence-electron chi connectivity index (χ2n) is 3.64.